The highest BCUT2D eigenvalue weighted by molar-refractivity contribution is 7.88. The van der Waals surface area contributed by atoms with Crippen molar-refractivity contribution in [3.63, 3.8) is 0 Å². The maximum absolute atomic E-state index is 13.8. The Labute approximate surface area is 620 Å². The molecule has 0 saturated heterocycles. The Balaban J connectivity index is 0.000000154. The summed E-state index contributed by atoms with van der Waals surface area (Å²) in [6.45, 7) is 0. The molecule has 16 aromatic rings. The number of rotatable bonds is 13. The van der Waals surface area contributed by atoms with Crippen LogP contribution in [-0.4, -0.2) is 13.9 Å². The highest BCUT2D eigenvalue weighted by Gasteiger charge is 2.49. The van der Waals surface area contributed by atoms with Gasteiger partial charge >= 0.3 is 15.6 Å². The van der Waals surface area contributed by atoms with E-state index in [4.69, 9.17) is 28.9 Å². The first-order chi connectivity index (χ1) is 52.8. The first kappa shape index (κ1) is 66.0. The summed E-state index contributed by atoms with van der Waals surface area (Å²) < 4.78 is 98.5. The minimum atomic E-state index is -6.13. The van der Waals surface area contributed by atoms with Gasteiger partial charge < -0.3 is 44.0 Å². The second kappa shape index (κ2) is 27.2. The molecular formula is C93H61F3N4O7S. The van der Waals surface area contributed by atoms with E-state index in [1.54, 1.807) is 18.2 Å². The zero-order chi connectivity index (χ0) is 73.0. The van der Waals surface area contributed by atoms with Crippen molar-refractivity contribution < 1.29 is 44.7 Å². The summed E-state index contributed by atoms with van der Waals surface area (Å²) in [5, 5.41) is 7.10. The molecule has 0 aromatic heterocycles. The highest BCUT2D eigenvalue weighted by atomic mass is 32.2. The number of nitrogens with one attached hydrogen (secondary N) is 1. The van der Waals surface area contributed by atoms with E-state index in [1.165, 1.54) is 17.2 Å². The van der Waals surface area contributed by atoms with Crippen LogP contribution in [0.3, 0.4) is 0 Å². The summed E-state index contributed by atoms with van der Waals surface area (Å²) in [7, 11) is -6.13. The summed E-state index contributed by atoms with van der Waals surface area (Å²) in [4.78, 5) is 4.11. The molecule has 108 heavy (non-hydrogen) atoms. The van der Waals surface area contributed by atoms with Crippen LogP contribution in [0.2, 0.25) is 0 Å². The molecule has 0 saturated carbocycles. The molecule has 19 rings (SSSR count). The molecule has 11 nitrogen and oxygen atoms in total. The van der Waals surface area contributed by atoms with Crippen LogP contribution in [0.4, 0.5) is 64.4 Å². The van der Waals surface area contributed by atoms with Crippen molar-refractivity contribution in [3.05, 3.63) is 352 Å². The number of nitrogen functional groups attached to an aromatic ring is 1. The van der Waals surface area contributed by atoms with Crippen LogP contribution >= 0.6 is 0 Å². The molecule has 0 amide bonds. The molecule has 0 unspecified atom stereocenters. The van der Waals surface area contributed by atoms with Crippen LogP contribution in [0, 0.1) is 0 Å². The van der Waals surface area contributed by atoms with Gasteiger partial charge in [0.2, 0.25) is 5.75 Å². The van der Waals surface area contributed by atoms with Crippen LogP contribution in [-0.2, 0) is 10.1 Å². The van der Waals surface area contributed by atoms with E-state index >= 15 is 0 Å². The van der Waals surface area contributed by atoms with Crippen molar-refractivity contribution >= 4 is 82.8 Å². The van der Waals surface area contributed by atoms with Crippen molar-refractivity contribution in [3.8, 4) is 119 Å². The van der Waals surface area contributed by atoms with E-state index in [-0.39, 0.29) is 23.0 Å². The number of anilines is 9. The fourth-order valence-corrected chi connectivity index (χ4v) is 14.8. The van der Waals surface area contributed by atoms with Gasteiger partial charge in [-0.05, 0) is 163 Å². The van der Waals surface area contributed by atoms with Crippen molar-refractivity contribution in [1.29, 1.82) is 0 Å². The average molecular weight is 1440 g/mol. The Morgan fingerprint density at radius 1 is 0.306 bits per heavy atom. The van der Waals surface area contributed by atoms with E-state index in [0.717, 1.165) is 95.5 Å². The lowest BCUT2D eigenvalue weighted by Crippen LogP contribution is -2.28. The summed E-state index contributed by atoms with van der Waals surface area (Å²) >= 11 is 0. The van der Waals surface area contributed by atoms with Crippen molar-refractivity contribution in [1.82, 2.24) is 0 Å². The highest BCUT2D eigenvalue weighted by Crippen LogP contribution is 2.62. The number of nitrogens with two attached hydrogens (primary N) is 1. The summed E-state index contributed by atoms with van der Waals surface area (Å²) in [5.74, 6) is 1.94. The van der Waals surface area contributed by atoms with Gasteiger partial charge in [0.25, 0.3) is 0 Å². The maximum Gasteiger partial charge on any atom is 0.534 e. The lowest BCUT2D eigenvalue weighted by molar-refractivity contribution is -0.0500. The molecule has 0 spiro atoms. The quantitative estimate of drug-likeness (QED) is 0.0651. The summed E-state index contributed by atoms with van der Waals surface area (Å²) in [6.07, 6.45) is 0. The van der Waals surface area contributed by atoms with Crippen LogP contribution < -0.4 is 44.0 Å². The minimum absolute atomic E-state index is 0.0716. The third kappa shape index (κ3) is 12.2. The van der Waals surface area contributed by atoms with Crippen LogP contribution in [0.15, 0.2) is 352 Å². The second-order valence-corrected chi connectivity index (χ2v) is 27.6. The van der Waals surface area contributed by atoms with E-state index < -0.39 is 21.4 Å². The van der Waals surface area contributed by atoms with Gasteiger partial charge in [-0.25, -0.2) is 0 Å². The predicted molar refractivity (Wildman–Crippen MR) is 426 cm³/mol. The molecule has 15 heteroatoms. The van der Waals surface area contributed by atoms with Gasteiger partial charge in [0.15, 0.2) is 46.0 Å². The Kier molecular flexibility index (Phi) is 16.6. The van der Waals surface area contributed by atoms with Crippen molar-refractivity contribution in [2.45, 2.75) is 5.51 Å². The van der Waals surface area contributed by atoms with Gasteiger partial charge in [-0.3, -0.25) is 0 Å². The van der Waals surface area contributed by atoms with Gasteiger partial charge in [-0.2, -0.15) is 21.6 Å². The van der Waals surface area contributed by atoms with E-state index in [2.05, 4.69) is 168 Å². The fraction of sp³-hybridized carbons (Fsp3) is 0.0108. The van der Waals surface area contributed by atoms with Crippen LogP contribution in [0.5, 0.6) is 51.7 Å². The summed E-state index contributed by atoms with van der Waals surface area (Å²) in [6, 6.07) is 116. The Morgan fingerprint density at radius 3 is 1.10 bits per heavy atom. The average Bonchev–Trinajstić information content (AvgIpc) is 1.11. The normalized spacial score (nSPS) is 12.1. The van der Waals surface area contributed by atoms with Gasteiger partial charge in [0.1, 0.15) is 0 Å². The summed E-state index contributed by atoms with van der Waals surface area (Å²) in [5.41, 5.74) is 19.7. The molecule has 2 bridgehead atoms. The Hall–Kier alpha value is -14.0. The number of hydrogen-bond acceptors (Lipinski definition) is 11. The number of nitrogens with zero attached hydrogens (tertiary/aromatic N) is 2. The standard InChI is InChI=1S/C47H31F3N2O5S.C46H30N2O2/c48-47(49,50)58(53,54)57-42-29-27-40(44-46(42)56-45-41(55-44)28-22-34-14-9-16-38(43(34)45)37-15-7-8-17-39(37)51)52(35-23-18-32(19-24-35)30-10-3-1-4-11-30)36-25-20-33(21-26-36)31-12-5-2-6-13-31;1-3-10-30(11-4-1)32-18-23-35(24-19-32)48(36-25-20-33(21-26-36)31-12-5-2-6-13-31)41-28-27-40-44-45(41)49-42-29-22-34-14-9-16-38(43(34)46(42)50-44)37-15-7-8-17-39(37)47-40/h1-29H,51H2;1-29,47H. The lowest BCUT2D eigenvalue weighted by atomic mass is 9.96. The Bertz CT molecular complexity index is 6070. The van der Waals surface area contributed by atoms with Crippen LogP contribution in [0.25, 0.3) is 88.3 Å². The lowest BCUT2D eigenvalue weighted by Gasteiger charge is -2.31. The van der Waals surface area contributed by atoms with E-state index in [9.17, 15) is 21.6 Å². The topological polar surface area (TPSA) is 125 Å². The predicted octanol–water partition coefficient (Wildman–Crippen LogP) is 26.3. The van der Waals surface area contributed by atoms with Gasteiger partial charge in [-0.1, -0.05) is 255 Å². The molecule has 16 aromatic carbocycles. The third-order valence-corrected chi connectivity index (χ3v) is 20.5. The first-order valence-electron chi connectivity index (χ1n) is 35.0. The van der Waals surface area contributed by atoms with Crippen molar-refractivity contribution in [2.24, 2.45) is 0 Å². The second-order valence-electron chi connectivity index (χ2n) is 26.1. The zero-order valence-electron chi connectivity index (χ0n) is 57.4. The van der Waals surface area contributed by atoms with E-state index in [1.807, 2.05) is 169 Å². The maximum atomic E-state index is 13.8. The van der Waals surface area contributed by atoms with E-state index in [0.29, 0.717) is 61.9 Å². The number of fused-ring (bicyclic) bond motifs is 6. The minimum Gasteiger partial charge on any atom is -0.447 e. The monoisotopic (exact) mass is 1430 g/mol. The van der Waals surface area contributed by atoms with Gasteiger partial charge in [0.05, 0.1) is 17.1 Å². The number of para-hydroxylation sites is 2. The number of ether oxygens (including phenoxy) is 4. The molecule has 3 N–H and O–H groups in total. The number of hydrogen-bond donors (Lipinski definition) is 2. The molecule has 3 aliphatic rings. The van der Waals surface area contributed by atoms with Crippen molar-refractivity contribution in [2.75, 3.05) is 20.9 Å². The molecule has 3 aliphatic heterocycles. The molecule has 3 heterocycles. The van der Waals surface area contributed by atoms with Gasteiger partial charge in [0, 0.05) is 56.0 Å². The molecule has 0 atom stereocenters. The Morgan fingerprint density at radius 2 is 0.667 bits per heavy atom. The van der Waals surface area contributed by atoms with Crippen LogP contribution in [0.1, 0.15) is 0 Å². The molecule has 0 radical (unpaired) electrons. The third-order valence-electron chi connectivity index (χ3n) is 19.5. The molecule has 0 aliphatic carbocycles. The smallest absolute Gasteiger partial charge is 0.447 e. The SMILES string of the molecule is Nc1ccccc1-c1cccc2ccc3c(c12)Oc1c(OS(=O)(=O)C(F)(F)F)ccc(N(c2ccc(-c4ccccc4)cc2)c2ccc(-c4ccccc4)cc2)c1O3.c1ccc(-c2ccc(N(c3ccc(-c4ccccc4)cc3)c3ccc4c5c3Oc3ccc6cccc(c6c3O5)-c3ccccc3N4)cc2)cc1. The first-order valence-corrected chi connectivity index (χ1v) is 36.4. The molecular weight excluding hydrogens is 1370 g/mol. The fourth-order valence-electron chi connectivity index (χ4n) is 14.4. The molecule has 522 valence electrons. The zero-order valence-corrected chi connectivity index (χ0v) is 58.2. The van der Waals surface area contributed by atoms with Gasteiger partial charge in [-0.15, -0.1) is 0 Å². The number of halogens is 3. The number of alkyl halides is 3. The molecule has 0 fully saturated rings. The largest absolute Gasteiger partial charge is 0.534 e. The number of benzene rings is 16.